The first-order valence-electron chi connectivity index (χ1n) is 13.5. The van der Waals surface area contributed by atoms with E-state index in [-0.39, 0.29) is 29.4 Å². The Kier molecular flexibility index (Phi) is 9.73. The summed E-state index contributed by atoms with van der Waals surface area (Å²) in [6, 6.07) is 23.5. The van der Waals surface area contributed by atoms with Gasteiger partial charge < -0.3 is 19.5 Å². The lowest BCUT2D eigenvalue weighted by molar-refractivity contribution is -0.122. The van der Waals surface area contributed by atoms with Gasteiger partial charge in [-0.25, -0.2) is 14.1 Å². The number of halogens is 2. The molecule has 1 fully saturated rings. The molecule has 4 aromatic carbocycles. The van der Waals surface area contributed by atoms with Crippen LogP contribution in [-0.2, 0) is 21.0 Å². The van der Waals surface area contributed by atoms with E-state index in [2.05, 4.69) is 10.6 Å². The summed E-state index contributed by atoms with van der Waals surface area (Å²) in [5.41, 5.74) is 1.78. The third kappa shape index (κ3) is 7.65. The molecule has 0 atom stereocenters. The molecule has 0 aromatic heterocycles. The van der Waals surface area contributed by atoms with Gasteiger partial charge in [-0.15, -0.1) is 0 Å². The van der Waals surface area contributed by atoms with E-state index in [4.69, 9.17) is 14.2 Å². The van der Waals surface area contributed by atoms with Gasteiger partial charge in [0.25, 0.3) is 17.7 Å². The van der Waals surface area contributed by atoms with Crippen molar-refractivity contribution >= 4 is 63.8 Å². The second kappa shape index (κ2) is 14.0. The third-order valence-corrected chi connectivity index (χ3v) is 7.28. The molecule has 4 aromatic rings. The number of ether oxygens (including phenoxy) is 3. The molecule has 2 N–H and O–H groups in total. The van der Waals surface area contributed by atoms with Gasteiger partial charge in [-0.3, -0.25) is 19.7 Å². The van der Waals surface area contributed by atoms with Crippen molar-refractivity contribution in [3.05, 3.63) is 117 Å². The Bertz CT molecular complexity index is 1780. The number of urea groups is 1. The molecule has 5 rings (SSSR count). The van der Waals surface area contributed by atoms with Gasteiger partial charge in [0, 0.05) is 5.69 Å². The maximum absolute atomic E-state index is 13.4. The SMILES string of the molecule is COc1cc(/C=C2/C(=O)NC(=O)N(c3ccc(OCc4ccccc4)cc3)C2=O)cc(I)c1OCC(=O)Nc1ccc(F)cc1. The molecule has 0 aliphatic carbocycles. The molecular weight excluding hydrogens is 696 g/mol. The van der Waals surface area contributed by atoms with Crippen LogP contribution in [-0.4, -0.2) is 37.5 Å². The van der Waals surface area contributed by atoms with E-state index in [9.17, 15) is 23.6 Å². The monoisotopic (exact) mass is 721 g/mol. The summed E-state index contributed by atoms with van der Waals surface area (Å²) in [5, 5.41) is 4.81. The van der Waals surface area contributed by atoms with Gasteiger partial charge in [-0.1, -0.05) is 30.3 Å². The predicted molar refractivity (Wildman–Crippen MR) is 172 cm³/mol. The highest BCUT2D eigenvalue weighted by molar-refractivity contribution is 14.1. The highest BCUT2D eigenvalue weighted by Gasteiger charge is 2.37. The molecule has 0 bridgehead atoms. The van der Waals surface area contributed by atoms with Crippen LogP contribution in [0.2, 0.25) is 0 Å². The first kappa shape index (κ1) is 31.2. The molecule has 0 unspecified atom stereocenters. The summed E-state index contributed by atoms with van der Waals surface area (Å²) < 4.78 is 30.6. The minimum atomic E-state index is -0.880. The van der Waals surface area contributed by atoms with E-state index in [1.807, 2.05) is 52.9 Å². The van der Waals surface area contributed by atoms with Gasteiger partial charge in [-0.05, 0) is 100 Å². The average Bonchev–Trinajstić information content (AvgIpc) is 3.03. The quantitative estimate of drug-likeness (QED) is 0.122. The molecule has 5 amide bonds. The van der Waals surface area contributed by atoms with E-state index < -0.39 is 29.6 Å². The number of carbonyl (C=O) groups excluding carboxylic acids is 4. The highest BCUT2D eigenvalue weighted by atomic mass is 127. The summed E-state index contributed by atoms with van der Waals surface area (Å²) in [5.74, 6) is -1.52. The Balaban J connectivity index is 1.30. The van der Waals surface area contributed by atoms with Crippen LogP contribution >= 0.6 is 22.6 Å². The van der Waals surface area contributed by atoms with Gasteiger partial charge in [0.2, 0.25) is 0 Å². The standard InChI is InChI=1S/C33H25FIN3O7/c1-43-28-17-21(16-27(35)30(28)45-19-29(39)36-23-9-7-22(34)8-10-23)15-26-31(40)37-33(42)38(32(26)41)24-11-13-25(14-12-24)44-18-20-5-3-2-4-6-20/h2-17H,18-19H2,1H3,(H,36,39)(H,37,40,42)/b26-15-. The molecule has 1 aliphatic heterocycles. The molecule has 45 heavy (non-hydrogen) atoms. The fourth-order valence-corrected chi connectivity index (χ4v) is 5.10. The highest BCUT2D eigenvalue weighted by Crippen LogP contribution is 2.35. The molecular formula is C33H25FIN3O7. The van der Waals surface area contributed by atoms with E-state index in [1.54, 1.807) is 30.3 Å². The summed E-state index contributed by atoms with van der Waals surface area (Å²) in [7, 11) is 1.40. The number of hydrogen-bond donors (Lipinski definition) is 2. The summed E-state index contributed by atoms with van der Waals surface area (Å²) in [6.45, 7) is -0.0157. The van der Waals surface area contributed by atoms with Crippen molar-refractivity contribution in [2.24, 2.45) is 0 Å². The van der Waals surface area contributed by atoms with Crippen LogP contribution in [0, 0.1) is 9.39 Å². The van der Waals surface area contributed by atoms with E-state index in [1.165, 1.54) is 43.5 Å². The number of nitrogens with zero attached hydrogens (tertiary/aromatic N) is 1. The first-order chi connectivity index (χ1) is 21.7. The zero-order chi connectivity index (χ0) is 31.9. The van der Waals surface area contributed by atoms with Gasteiger partial charge in [0.1, 0.15) is 23.7 Å². The van der Waals surface area contributed by atoms with Crippen molar-refractivity contribution in [2.45, 2.75) is 6.61 Å². The van der Waals surface area contributed by atoms with Crippen LogP contribution in [0.3, 0.4) is 0 Å². The van der Waals surface area contributed by atoms with Crippen molar-refractivity contribution in [1.29, 1.82) is 0 Å². The lowest BCUT2D eigenvalue weighted by Crippen LogP contribution is -2.54. The normalized spacial score (nSPS) is 13.8. The van der Waals surface area contributed by atoms with Crippen LogP contribution in [0.15, 0.2) is 96.6 Å². The Hall–Kier alpha value is -5.24. The predicted octanol–water partition coefficient (Wildman–Crippen LogP) is 5.70. The minimum absolute atomic E-state index is 0.242. The topological polar surface area (TPSA) is 123 Å². The number of carbonyl (C=O) groups is 4. The Labute approximate surface area is 270 Å². The van der Waals surface area contributed by atoms with Crippen molar-refractivity contribution in [3.63, 3.8) is 0 Å². The van der Waals surface area contributed by atoms with E-state index in [0.717, 1.165) is 10.5 Å². The smallest absolute Gasteiger partial charge is 0.335 e. The number of rotatable bonds is 10. The zero-order valence-corrected chi connectivity index (χ0v) is 25.9. The Morgan fingerprint density at radius 2 is 1.67 bits per heavy atom. The lowest BCUT2D eigenvalue weighted by Gasteiger charge is -2.26. The molecule has 0 radical (unpaired) electrons. The minimum Gasteiger partial charge on any atom is -0.493 e. The molecule has 228 valence electrons. The fourth-order valence-electron chi connectivity index (χ4n) is 4.32. The lowest BCUT2D eigenvalue weighted by atomic mass is 10.1. The van der Waals surface area contributed by atoms with E-state index in [0.29, 0.717) is 27.2 Å². The second-order valence-corrected chi connectivity index (χ2v) is 10.8. The number of amides is 5. The summed E-state index contributed by atoms with van der Waals surface area (Å²) >= 11 is 1.97. The van der Waals surface area contributed by atoms with Gasteiger partial charge >= 0.3 is 6.03 Å². The maximum atomic E-state index is 13.4. The third-order valence-electron chi connectivity index (χ3n) is 6.48. The number of hydrogen-bond acceptors (Lipinski definition) is 7. The number of benzene rings is 4. The molecule has 12 heteroatoms. The largest absolute Gasteiger partial charge is 0.493 e. The molecule has 1 aliphatic rings. The van der Waals surface area contributed by atoms with Crippen LogP contribution in [0.25, 0.3) is 6.08 Å². The molecule has 0 saturated carbocycles. The average molecular weight is 721 g/mol. The van der Waals surface area contributed by atoms with Crippen LogP contribution in [0.4, 0.5) is 20.6 Å². The van der Waals surface area contributed by atoms with Crippen LogP contribution < -0.4 is 29.7 Å². The van der Waals surface area contributed by atoms with Crippen LogP contribution in [0.5, 0.6) is 17.2 Å². The summed E-state index contributed by atoms with van der Waals surface area (Å²) in [6.07, 6.45) is 1.34. The van der Waals surface area contributed by atoms with Gasteiger partial charge in [0.05, 0.1) is 16.4 Å². The molecule has 1 heterocycles. The first-order valence-corrected chi connectivity index (χ1v) is 14.5. The van der Waals surface area contributed by atoms with Gasteiger partial charge in [-0.2, -0.15) is 0 Å². The number of methoxy groups -OCH3 is 1. The number of imide groups is 2. The van der Waals surface area contributed by atoms with E-state index >= 15 is 0 Å². The Morgan fingerprint density at radius 1 is 0.956 bits per heavy atom. The number of nitrogens with one attached hydrogen (secondary N) is 2. The molecule has 1 saturated heterocycles. The fraction of sp³-hybridized carbons (Fsp3) is 0.0909. The van der Waals surface area contributed by atoms with Crippen molar-refractivity contribution in [2.75, 3.05) is 23.9 Å². The Morgan fingerprint density at radius 3 is 2.36 bits per heavy atom. The van der Waals surface area contributed by atoms with Crippen molar-refractivity contribution < 1.29 is 37.8 Å². The number of anilines is 2. The number of barbiturate groups is 1. The van der Waals surface area contributed by atoms with Crippen molar-refractivity contribution in [3.8, 4) is 17.2 Å². The molecule has 0 spiro atoms. The van der Waals surface area contributed by atoms with Gasteiger partial charge in [0.15, 0.2) is 18.1 Å². The van der Waals surface area contributed by atoms with Crippen molar-refractivity contribution in [1.82, 2.24) is 5.32 Å². The van der Waals surface area contributed by atoms with Crippen LogP contribution in [0.1, 0.15) is 11.1 Å². The maximum Gasteiger partial charge on any atom is 0.335 e. The zero-order valence-electron chi connectivity index (χ0n) is 23.7. The second-order valence-electron chi connectivity index (χ2n) is 9.60. The summed E-state index contributed by atoms with van der Waals surface area (Å²) in [4.78, 5) is 52.1. The molecule has 10 nitrogen and oxygen atoms in total.